The molecule has 0 spiro atoms. The molecule has 1 aromatic heterocycles. The van der Waals surface area contributed by atoms with Crippen molar-refractivity contribution in [2.75, 3.05) is 0 Å². The summed E-state index contributed by atoms with van der Waals surface area (Å²) in [6, 6.07) is 5.62. The molecule has 4 heteroatoms. The Morgan fingerprint density at radius 2 is 2.14 bits per heavy atom. The van der Waals surface area contributed by atoms with Crippen LogP contribution in [0.3, 0.4) is 0 Å². The first-order chi connectivity index (χ1) is 6.38. The van der Waals surface area contributed by atoms with Crippen LogP contribution in [0.5, 0.6) is 0 Å². The predicted molar refractivity (Wildman–Crippen MR) is 54.8 cm³/mol. The standard InChI is InChI=1S/C10H9N3.FH/c11-8-4-3-7-13-10(8)9-5-1-2-6-12-9;/h1-3,5-7,11H,4H2;1H. The monoisotopic (exact) mass is 191 g/mol. The number of rotatable bonds is 1. The lowest BCUT2D eigenvalue weighted by Crippen LogP contribution is -2.16. The molecule has 0 aromatic carbocycles. The van der Waals surface area contributed by atoms with Gasteiger partial charge in [0.25, 0.3) is 0 Å². The summed E-state index contributed by atoms with van der Waals surface area (Å²) >= 11 is 0. The number of nitrogens with one attached hydrogen (secondary N) is 1. The fourth-order valence-electron chi connectivity index (χ4n) is 1.20. The molecule has 1 N–H and O–H groups in total. The molecule has 0 radical (unpaired) electrons. The summed E-state index contributed by atoms with van der Waals surface area (Å²) in [5.41, 5.74) is 1.99. The lowest BCUT2D eigenvalue weighted by atomic mass is 10.1. The fourth-order valence-corrected chi connectivity index (χ4v) is 1.20. The molecule has 1 aliphatic rings. The Hall–Kier alpha value is -1.84. The number of halogens is 1. The predicted octanol–water partition coefficient (Wildman–Crippen LogP) is 1.96. The van der Waals surface area contributed by atoms with E-state index in [1.807, 2.05) is 24.3 Å². The quantitative estimate of drug-likeness (QED) is 0.724. The highest BCUT2D eigenvalue weighted by Crippen LogP contribution is 2.06. The summed E-state index contributed by atoms with van der Waals surface area (Å²) in [7, 11) is 0. The maximum atomic E-state index is 7.66. The van der Waals surface area contributed by atoms with Crippen LogP contribution in [-0.2, 0) is 0 Å². The van der Waals surface area contributed by atoms with E-state index in [2.05, 4.69) is 9.98 Å². The van der Waals surface area contributed by atoms with Crippen LogP contribution >= 0.6 is 0 Å². The van der Waals surface area contributed by atoms with Crippen molar-refractivity contribution in [1.29, 1.82) is 5.41 Å². The smallest absolute Gasteiger partial charge is 0.110 e. The zero-order valence-corrected chi connectivity index (χ0v) is 7.47. The highest BCUT2D eigenvalue weighted by molar-refractivity contribution is 6.47. The molecule has 0 bridgehead atoms. The van der Waals surface area contributed by atoms with E-state index in [4.69, 9.17) is 5.41 Å². The van der Waals surface area contributed by atoms with Crippen LogP contribution in [0.1, 0.15) is 12.1 Å². The topological polar surface area (TPSA) is 49.1 Å². The average molecular weight is 191 g/mol. The molecule has 2 rings (SSSR count). The highest BCUT2D eigenvalue weighted by Gasteiger charge is 2.11. The van der Waals surface area contributed by atoms with Crippen LogP contribution in [-0.4, -0.2) is 16.4 Å². The van der Waals surface area contributed by atoms with E-state index >= 15 is 0 Å². The Kier molecular flexibility index (Phi) is 3.23. The van der Waals surface area contributed by atoms with Crippen LogP contribution in [0.4, 0.5) is 4.70 Å². The largest absolute Gasteiger partial charge is 0.303 e. The van der Waals surface area contributed by atoms with Gasteiger partial charge in [-0.2, -0.15) is 0 Å². The van der Waals surface area contributed by atoms with Crippen LogP contribution in [0.15, 0.2) is 41.7 Å². The fraction of sp³-hybridized carbons (Fsp3) is 0.100. The molecule has 0 atom stereocenters. The minimum absolute atomic E-state index is 0. The molecule has 1 aromatic rings. The molecule has 2 heterocycles. The van der Waals surface area contributed by atoms with Crippen molar-refractivity contribution in [2.45, 2.75) is 6.42 Å². The van der Waals surface area contributed by atoms with E-state index in [1.54, 1.807) is 12.4 Å². The van der Waals surface area contributed by atoms with Crippen molar-refractivity contribution in [3.05, 3.63) is 42.4 Å². The second-order valence-electron chi connectivity index (χ2n) is 2.76. The Morgan fingerprint density at radius 3 is 2.79 bits per heavy atom. The summed E-state index contributed by atoms with van der Waals surface area (Å²) < 4.78 is 0. The third-order valence-electron chi connectivity index (χ3n) is 1.82. The Bertz CT molecular complexity index is 382. The summed E-state index contributed by atoms with van der Waals surface area (Å²) in [4.78, 5) is 8.28. The van der Waals surface area contributed by atoms with Gasteiger partial charge in [-0.15, -0.1) is 0 Å². The Balaban J connectivity index is 0.000000980. The number of hydrogen-bond acceptors (Lipinski definition) is 3. The summed E-state index contributed by atoms with van der Waals surface area (Å²) in [5, 5.41) is 7.66. The second-order valence-corrected chi connectivity index (χ2v) is 2.76. The maximum Gasteiger partial charge on any atom is 0.110 e. The van der Waals surface area contributed by atoms with Gasteiger partial charge in [-0.05, 0) is 12.1 Å². The molecule has 0 saturated heterocycles. The molecule has 0 unspecified atom stereocenters. The molecular weight excluding hydrogens is 181 g/mol. The maximum absolute atomic E-state index is 7.66. The van der Waals surface area contributed by atoms with Crippen molar-refractivity contribution in [1.82, 2.24) is 4.98 Å². The second kappa shape index (κ2) is 4.41. The zero-order valence-electron chi connectivity index (χ0n) is 7.47. The number of aromatic nitrogens is 1. The van der Waals surface area contributed by atoms with Gasteiger partial charge in [-0.1, -0.05) is 12.1 Å². The van der Waals surface area contributed by atoms with Gasteiger partial charge in [0.05, 0.1) is 11.4 Å². The lowest BCUT2D eigenvalue weighted by Gasteiger charge is -2.07. The van der Waals surface area contributed by atoms with E-state index < -0.39 is 0 Å². The van der Waals surface area contributed by atoms with E-state index in [0.29, 0.717) is 17.8 Å². The summed E-state index contributed by atoms with van der Waals surface area (Å²) in [6.07, 6.45) is 5.95. The van der Waals surface area contributed by atoms with Gasteiger partial charge < -0.3 is 5.41 Å². The first kappa shape index (κ1) is 10.2. The molecule has 0 aliphatic carbocycles. The first-order valence-corrected chi connectivity index (χ1v) is 4.10. The van der Waals surface area contributed by atoms with Crippen LogP contribution in [0.2, 0.25) is 0 Å². The first-order valence-electron chi connectivity index (χ1n) is 4.10. The molecule has 14 heavy (non-hydrogen) atoms. The van der Waals surface area contributed by atoms with Crippen molar-refractivity contribution in [2.24, 2.45) is 4.99 Å². The van der Waals surface area contributed by atoms with E-state index in [0.717, 1.165) is 5.69 Å². The number of nitrogens with zero attached hydrogens (tertiary/aromatic N) is 2. The molecule has 0 amide bonds. The summed E-state index contributed by atoms with van der Waals surface area (Å²) in [5.74, 6) is 0. The van der Waals surface area contributed by atoms with Crippen molar-refractivity contribution >= 4 is 11.4 Å². The third kappa shape index (κ3) is 1.90. The molecule has 72 valence electrons. The minimum atomic E-state index is 0. The Morgan fingerprint density at radius 1 is 1.29 bits per heavy atom. The SMILES string of the molecule is F.N=C1CC=CN=C1c1ccccn1. The van der Waals surface area contributed by atoms with Crippen molar-refractivity contribution < 1.29 is 4.70 Å². The van der Waals surface area contributed by atoms with Gasteiger partial charge >= 0.3 is 0 Å². The minimum Gasteiger partial charge on any atom is -0.303 e. The number of hydrogen-bond donors (Lipinski definition) is 1. The third-order valence-corrected chi connectivity index (χ3v) is 1.82. The Labute approximate surface area is 81.1 Å². The van der Waals surface area contributed by atoms with Gasteiger partial charge in [0, 0.05) is 18.8 Å². The molecule has 0 fully saturated rings. The van der Waals surface area contributed by atoms with Gasteiger partial charge in [0.1, 0.15) is 5.71 Å². The number of aliphatic imine (C=N–C) groups is 1. The van der Waals surface area contributed by atoms with Gasteiger partial charge in [0.15, 0.2) is 0 Å². The molecular formula is C10H10FN3. The number of pyridine rings is 1. The lowest BCUT2D eigenvalue weighted by molar-refractivity contribution is 1.11. The van der Waals surface area contributed by atoms with Crippen LogP contribution in [0.25, 0.3) is 0 Å². The van der Waals surface area contributed by atoms with E-state index in [9.17, 15) is 0 Å². The van der Waals surface area contributed by atoms with Crippen LogP contribution < -0.4 is 0 Å². The highest BCUT2D eigenvalue weighted by atomic mass is 19.0. The van der Waals surface area contributed by atoms with Gasteiger partial charge in [-0.25, -0.2) is 0 Å². The van der Waals surface area contributed by atoms with Crippen LogP contribution in [0, 0.1) is 5.41 Å². The zero-order chi connectivity index (χ0) is 9.10. The van der Waals surface area contributed by atoms with Gasteiger partial charge in [-0.3, -0.25) is 14.7 Å². The number of allylic oxidation sites excluding steroid dienone is 1. The molecule has 0 saturated carbocycles. The normalized spacial score (nSPS) is 14.6. The van der Waals surface area contributed by atoms with E-state index in [1.165, 1.54) is 0 Å². The van der Waals surface area contributed by atoms with Crippen molar-refractivity contribution in [3.8, 4) is 0 Å². The van der Waals surface area contributed by atoms with Gasteiger partial charge in [0.2, 0.25) is 0 Å². The average Bonchev–Trinajstić information content (AvgIpc) is 2.20. The molecule has 3 nitrogen and oxygen atoms in total. The summed E-state index contributed by atoms with van der Waals surface area (Å²) in [6.45, 7) is 0. The molecule has 1 aliphatic heterocycles. The van der Waals surface area contributed by atoms with Crippen molar-refractivity contribution in [3.63, 3.8) is 0 Å². The van der Waals surface area contributed by atoms with E-state index in [-0.39, 0.29) is 4.70 Å².